The standard InChI is InChI=1S/C27H25F3N8O2/c1-4-37-13-19(27(28,29)30)34-23(37)17-7-5-15(6-8-17)12-38-24-18(25(36-38)39-2)11-31-22(35-24)20-21(16-9-10-16)32-14-33-26(20)40-3/h5-8,11,13-14,16H,4,9-10,12H2,1-3H3. The Morgan fingerprint density at radius 1 is 0.975 bits per heavy atom. The van der Waals surface area contributed by atoms with Crippen molar-refractivity contribution in [2.45, 2.75) is 44.9 Å². The van der Waals surface area contributed by atoms with Crippen LogP contribution in [0.15, 0.2) is 43.0 Å². The van der Waals surface area contributed by atoms with Gasteiger partial charge in [0.1, 0.15) is 23.1 Å². The Morgan fingerprint density at radius 3 is 2.38 bits per heavy atom. The van der Waals surface area contributed by atoms with E-state index in [-0.39, 0.29) is 5.82 Å². The third kappa shape index (κ3) is 4.61. The molecule has 6 rings (SSSR count). The minimum atomic E-state index is -4.51. The summed E-state index contributed by atoms with van der Waals surface area (Å²) in [5, 5.41) is 5.21. The number of hydrogen-bond acceptors (Lipinski definition) is 8. The number of alkyl halides is 3. The highest BCUT2D eigenvalue weighted by atomic mass is 19.4. The van der Waals surface area contributed by atoms with Gasteiger partial charge in [0.05, 0.1) is 26.5 Å². The summed E-state index contributed by atoms with van der Waals surface area (Å²) < 4.78 is 53.9. The number of hydrogen-bond donors (Lipinski definition) is 0. The molecule has 10 nitrogen and oxygen atoms in total. The summed E-state index contributed by atoms with van der Waals surface area (Å²) >= 11 is 0. The van der Waals surface area contributed by atoms with Crippen LogP contribution in [0.1, 0.15) is 42.6 Å². The van der Waals surface area contributed by atoms with E-state index < -0.39 is 11.9 Å². The first kappa shape index (κ1) is 25.7. The van der Waals surface area contributed by atoms with Gasteiger partial charge in [0, 0.05) is 30.4 Å². The summed E-state index contributed by atoms with van der Waals surface area (Å²) in [7, 11) is 3.08. The van der Waals surface area contributed by atoms with Crippen LogP contribution in [0.2, 0.25) is 0 Å². The SMILES string of the molecule is CCn1cc(C(F)(F)F)nc1-c1ccc(Cn2nc(OC)c3cnc(-c4c(OC)ncnc4C4CC4)nc32)cc1. The normalized spacial score (nSPS) is 13.7. The van der Waals surface area contributed by atoms with Gasteiger partial charge in [-0.3, -0.25) is 0 Å². The third-order valence-corrected chi connectivity index (χ3v) is 6.82. The second kappa shape index (κ2) is 9.88. The van der Waals surface area contributed by atoms with Crippen molar-refractivity contribution in [1.82, 2.24) is 39.3 Å². The fourth-order valence-corrected chi connectivity index (χ4v) is 4.68. The number of ether oxygens (including phenoxy) is 2. The zero-order valence-corrected chi connectivity index (χ0v) is 22.0. The van der Waals surface area contributed by atoms with E-state index in [4.69, 9.17) is 14.5 Å². The lowest BCUT2D eigenvalue weighted by atomic mass is 10.1. The van der Waals surface area contributed by atoms with Crippen molar-refractivity contribution in [2.24, 2.45) is 0 Å². The van der Waals surface area contributed by atoms with E-state index >= 15 is 0 Å². The Balaban J connectivity index is 1.36. The van der Waals surface area contributed by atoms with Crippen LogP contribution in [-0.2, 0) is 19.3 Å². The van der Waals surface area contributed by atoms with Crippen molar-refractivity contribution >= 4 is 11.0 Å². The quantitative estimate of drug-likeness (QED) is 0.262. The van der Waals surface area contributed by atoms with E-state index in [2.05, 4.69) is 25.0 Å². The Labute approximate surface area is 226 Å². The largest absolute Gasteiger partial charge is 0.480 e. The minimum absolute atomic E-state index is 0.260. The van der Waals surface area contributed by atoms with Crippen LogP contribution < -0.4 is 9.47 Å². The molecule has 40 heavy (non-hydrogen) atoms. The molecule has 13 heteroatoms. The molecule has 0 bridgehead atoms. The summed E-state index contributed by atoms with van der Waals surface area (Å²) in [6, 6.07) is 7.17. The highest BCUT2D eigenvalue weighted by Gasteiger charge is 2.35. The highest BCUT2D eigenvalue weighted by Crippen LogP contribution is 2.45. The summed E-state index contributed by atoms with van der Waals surface area (Å²) in [5.41, 5.74) is 2.60. The predicted octanol–water partition coefficient (Wildman–Crippen LogP) is 5.13. The van der Waals surface area contributed by atoms with E-state index in [0.29, 0.717) is 58.8 Å². The monoisotopic (exact) mass is 550 g/mol. The van der Waals surface area contributed by atoms with E-state index in [0.717, 1.165) is 30.3 Å². The Hall–Kier alpha value is -4.55. The maximum atomic E-state index is 13.2. The van der Waals surface area contributed by atoms with Gasteiger partial charge < -0.3 is 14.0 Å². The maximum Gasteiger partial charge on any atom is 0.434 e. The number of aromatic nitrogens is 8. The van der Waals surface area contributed by atoms with E-state index in [1.54, 1.807) is 37.0 Å². The smallest absolute Gasteiger partial charge is 0.434 e. The summed E-state index contributed by atoms with van der Waals surface area (Å²) in [6.45, 7) is 2.47. The molecule has 0 spiro atoms. The molecule has 0 unspecified atom stereocenters. The van der Waals surface area contributed by atoms with Gasteiger partial charge in [-0.15, -0.1) is 5.10 Å². The number of rotatable bonds is 8. The molecule has 0 aliphatic heterocycles. The Bertz CT molecular complexity index is 1690. The van der Waals surface area contributed by atoms with Crippen LogP contribution in [0, 0.1) is 0 Å². The van der Waals surface area contributed by atoms with Gasteiger partial charge in [-0.1, -0.05) is 24.3 Å². The number of halogens is 3. The molecule has 1 fully saturated rings. The summed E-state index contributed by atoms with van der Waals surface area (Å²) in [5.74, 6) is 1.79. The van der Waals surface area contributed by atoms with Gasteiger partial charge in [0.2, 0.25) is 11.8 Å². The van der Waals surface area contributed by atoms with E-state index in [1.807, 2.05) is 12.1 Å². The molecule has 1 saturated carbocycles. The fourth-order valence-electron chi connectivity index (χ4n) is 4.68. The van der Waals surface area contributed by atoms with Crippen LogP contribution in [0.5, 0.6) is 11.8 Å². The maximum absolute atomic E-state index is 13.2. The van der Waals surface area contributed by atoms with Crippen molar-refractivity contribution < 1.29 is 22.6 Å². The van der Waals surface area contributed by atoms with Crippen LogP contribution in [0.3, 0.4) is 0 Å². The van der Waals surface area contributed by atoms with Crippen molar-refractivity contribution in [3.05, 3.63) is 59.9 Å². The average molecular weight is 551 g/mol. The van der Waals surface area contributed by atoms with Crippen molar-refractivity contribution in [1.29, 1.82) is 0 Å². The van der Waals surface area contributed by atoms with Gasteiger partial charge in [-0.05, 0) is 25.3 Å². The van der Waals surface area contributed by atoms with E-state index in [9.17, 15) is 13.2 Å². The summed E-state index contributed by atoms with van der Waals surface area (Å²) in [6.07, 6.45) is 1.74. The highest BCUT2D eigenvalue weighted by molar-refractivity contribution is 5.83. The number of methoxy groups -OCH3 is 2. The van der Waals surface area contributed by atoms with E-state index in [1.165, 1.54) is 18.0 Å². The van der Waals surface area contributed by atoms with Crippen LogP contribution in [0.4, 0.5) is 13.2 Å². The number of aryl methyl sites for hydroxylation is 1. The first-order valence-corrected chi connectivity index (χ1v) is 12.7. The zero-order chi connectivity index (χ0) is 28.0. The molecule has 1 aliphatic carbocycles. The number of imidazole rings is 1. The lowest BCUT2D eigenvalue weighted by Crippen LogP contribution is -2.05. The Kier molecular flexibility index (Phi) is 6.35. The first-order valence-electron chi connectivity index (χ1n) is 12.7. The molecule has 0 atom stereocenters. The molecule has 1 aromatic carbocycles. The van der Waals surface area contributed by atoms with Crippen molar-refractivity contribution in [3.8, 4) is 34.5 Å². The second-order valence-electron chi connectivity index (χ2n) is 9.45. The number of fused-ring (bicyclic) bond motifs is 1. The topological polar surface area (TPSA) is 106 Å². The lowest BCUT2D eigenvalue weighted by Gasteiger charge is -2.11. The van der Waals surface area contributed by atoms with Gasteiger partial charge in [-0.2, -0.15) is 13.2 Å². The van der Waals surface area contributed by atoms with Gasteiger partial charge in [0.25, 0.3) is 0 Å². The molecule has 5 aromatic rings. The molecule has 1 aliphatic rings. The molecular weight excluding hydrogens is 525 g/mol. The molecule has 4 heterocycles. The molecule has 0 saturated heterocycles. The molecule has 0 radical (unpaired) electrons. The van der Waals surface area contributed by atoms with Crippen LogP contribution in [0.25, 0.3) is 33.8 Å². The minimum Gasteiger partial charge on any atom is -0.480 e. The zero-order valence-electron chi connectivity index (χ0n) is 22.0. The van der Waals surface area contributed by atoms with Crippen LogP contribution >= 0.6 is 0 Å². The first-order chi connectivity index (χ1) is 19.3. The Morgan fingerprint density at radius 2 is 1.73 bits per heavy atom. The second-order valence-corrected chi connectivity index (χ2v) is 9.45. The molecular formula is C27H25F3N8O2. The number of nitrogens with zero attached hydrogens (tertiary/aromatic N) is 8. The molecule has 0 amide bonds. The van der Waals surface area contributed by atoms with Gasteiger partial charge in [-0.25, -0.2) is 29.6 Å². The fraction of sp³-hybridized carbons (Fsp3) is 0.333. The van der Waals surface area contributed by atoms with Crippen molar-refractivity contribution in [2.75, 3.05) is 14.2 Å². The number of benzene rings is 1. The van der Waals surface area contributed by atoms with Crippen molar-refractivity contribution in [3.63, 3.8) is 0 Å². The molecule has 0 N–H and O–H groups in total. The molecule has 206 valence electrons. The third-order valence-electron chi connectivity index (χ3n) is 6.82. The van der Waals surface area contributed by atoms with Gasteiger partial charge in [0.15, 0.2) is 17.2 Å². The average Bonchev–Trinajstić information content (AvgIpc) is 3.62. The predicted molar refractivity (Wildman–Crippen MR) is 139 cm³/mol. The van der Waals surface area contributed by atoms with Gasteiger partial charge >= 0.3 is 6.18 Å². The summed E-state index contributed by atoms with van der Waals surface area (Å²) in [4.78, 5) is 22.0. The lowest BCUT2D eigenvalue weighted by molar-refractivity contribution is -0.140. The molecule has 4 aromatic heterocycles. The van der Waals surface area contributed by atoms with Crippen LogP contribution in [-0.4, -0.2) is 53.5 Å².